The maximum absolute atomic E-state index is 12.3. The fourth-order valence-corrected chi connectivity index (χ4v) is 1.77. The first-order chi connectivity index (χ1) is 10.0. The minimum absolute atomic E-state index is 0.154. The second-order valence-electron chi connectivity index (χ2n) is 4.29. The Balaban J connectivity index is 2.30. The van der Waals surface area contributed by atoms with Crippen LogP contribution in [0.1, 0.15) is 16.1 Å². The van der Waals surface area contributed by atoms with Gasteiger partial charge in [0.2, 0.25) is 11.8 Å². The van der Waals surface area contributed by atoms with Crippen molar-refractivity contribution in [1.29, 1.82) is 0 Å². The number of rotatable bonds is 4. The average molecular weight is 288 g/mol. The summed E-state index contributed by atoms with van der Waals surface area (Å²) in [5.74, 6) is 0.534. The van der Waals surface area contributed by atoms with E-state index in [1.54, 1.807) is 25.1 Å². The summed E-state index contributed by atoms with van der Waals surface area (Å²) in [6.07, 6.45) is 0. The monoisotopic (exact) mass is 288 g/mol. The standard InChI is InChI=1S/C14H16N4O3/c1-8-6-12(21-3)17-14(16-8)18-13(19)10-7-9(15)4-5-11(10)20-2/h4-7H,15H2,1-3H3,(H,16,17,18,19). The third-order valence-electron chi connectivity index (χ3n) is 2.73. The third kappa shape index (κ3) is 3.38. The molecule has 0 spiro atoms. The molecule has 3 N–H and O–H groups in total. The Bertz CT molecular complexity index is 673. The minimum atomic E-state index is -0.410. The average Bonchev–Trinajstić information content (AvgIpc) is 2.46. The minimum Gasteiger partial charge on any atom is -0.496 e. The predicted octanol–water partition coefficient (Wildman–Crippen LogP) is 1.64. The fraction of sp³-hybridized carbons (Fsp3) is 0.214. The number of aryl methyl sites for hydroxylation is 1. The fourth-order valence-electron chi connectivity index (χ4n) is 1.77. The summed E-state index contributed by atoms with van der Waals surface area (Å²) in [6.45, 7) is 1.78. The second-order valence-corrected chi connectivity index (χ2v) is 4.29. The molecule has 0 saturated heterocycles. The van der Waals surface area contributed by atoms with Crippen LogP contribution in [-0.2, 0) is 0 Å². The SMILES string of the molecule is COc1cc(C)nc(NC(=O)c2cc(N)ccc2OC)n1. The summed E-state index contributed by atoms with van der Waals surface area (Å²) in [6, 6.07) is 6.47. The van der Waals surface area contributed by atoms with E-state index in [4.69, 9.17) is 15.2 Å². The zero-order valence-corrected chi connectivity index (χ0v) is 12.0. The van der Waals surface area contributed by atoms with Gasteiger partial charge < -0.3 is 15.2 Å². The van der Waals surface area contributed by atoms with Crippen molar-refractivity contribution in [2.24, 2.45) is 0 Å². The van der Waals surface area contributed by atoms with Gasteiger partial charge in [0, 0.05) is 17.4 Å². The predicted molar refractivity (Wildman–Crippen MR) is 78.7 cm³/mol. The molecule has 1 aromatic carbocycles. The molecule has 1 aromatic heterocycles. The summed E-state index contributed by atoms with van der Waals surface area (Å²) in [7, 11) is 2.97. The molecule has 2 aromatic rings. The van der Waals surface area contributed by atoms with Crippen molar-refractivity contribution in [2.75, 3.05) is 25.3 Å². The van der Waals surface area contributed by atoms with Crippen molar-refractivity contribution < 1.29 is 14.3 Å². The van der Waals surface area contributed by atoms with E-state index in [1.807, 2.05) is 0 Å². The van der Waals surface area contributed by atoms with Crippen LogP contribution in [0.2, 0.25) is 0 Å². The van der Waals surface area contributed by atoms with Crippen LogP contribution in [0.4, 0.5) is 11.6 Å². The molecule has 0 saturated carbocycles. The molecular formula is C14H16N4O3. The second kappa shape index (κ2) is 6.08. The summed E-state index contributed by atoms with van der Waals surface area (Å²) >= 11 is 0. The number of aromatic nitrogens is 2. The zero-order valence-electron chi connectivity index (χ0n) is 12.0. The number of ether oxygens (including phenoxy) is 2. The van der Waals surface area contributed by atoms with Crippen LogP contribution < -0.4 is 20.5 Å². The highest BCUT2D eigenvalue weighted by atomic mass is 16.5. The van der Waals surface area contributed by atoms with Crippen LogP contribution in [-0.4, -0.2) is 30.1 Å². The molecule has 0 atom stereocenters. The smallest absolute Gasteiger partial charge is 0.261 e. The van der Waals surface area contributed by atoms with Gasteiger partial charge >= 0.3 is 0 Å². The highest BCUT2D eigenvalue weighted by Gasteiger charge is 2.14. The molecule has 0 radical (unpaired) electrons. The summed E-state index contributed by atoms with van der Waals surface area (Å²) in [4.78, 5) is 20.5. The number of nitrogen functional groups attached to an aromatic ring is 1. The van der Waals surface area contributed by atoms with E-state index in [0.717, 1.165) is 0 Å². The summed E-state index contributed by atoms with van der Waals surface area (Å²) in [5.41, 5.74) is 7.14. The van der Waals surface area contributed by atoms with E-state index in [9.17, 15) is 4.79 Å². The molecule has 0 bridgehead atoms. The van der Waals surface area contributed by atoms with Crippen molar-refractivity contribution >= 4 is 17.5 Å². The molecule has 0 aliphatic carbocycles. The molecule has 7 heteroatoms. The van der Waals surface area contributed by atoms with Gasteiger partial charge in [0.15, 0.2) is 0 Å². The number of carbonyl (C=O) groups is 1. The molecule has 1 heterocycles. The van der Waals surface area contributed by atoms with E-state index in [0.29, 0.717) is 28.6 Å². The molecule has 7 nitrogen and oxygen atoms in total. The first kappa shape index (κ1) is 14.6. The Morgan fingerprint density at radius 3 is 2.62 bits per heavy atom. The maximum Gasteiger partial charge on any atom is 0.261 e. The highest BCUT2D eigenvalue weighted by molar-refractivity contribution is 6.06. The Labute approximate surface area is 122 Å². The lowest BCUT2D eigenvalue weighted by Gasteiger charge is -2.10. The first-order valence-electron chi connectivity index (χ1n) is 6.18. The molecule has 0 aliphatic heterocycles. The van der Waals surface area contributed by atoms with Gasteiger partial charge in [-0.2, -0.15) is 4.98 Å². The van der Waals surface area contributed by atoms with Gasteiger partial charge in [-0.3, -0.25) is 10.1 Å². The number of hydrogen-bond acceptors (Lipinski definition) is 6. The van der Waals surface area contributed by atoms with Gasteiger partial charge in [-0.15, -0.1) is 0 Å². The number of methoxy groups -OCH3 is 2. The number of amides is 1. The highest BCUT2D eigenvalue weighted by Crippen LogP contribution is 2.22. The third-order valence-corrected chi connectivity index (χ3v) is 2.73. The molecule has 21 heavy (non-hydrogen) atoms. The van der Waals surface area contributed by atoms with E-state index >= 15 is 0 Å². The number of nitrogens with two attached hydrogens (primary N) is 1. The lowest BCUT2D eigenvalue weighted by Crippen LogP contribution is -2.16. The van der Waals surface area contributed by atoms with E-state index in [2.05, 4.69) is 15.3 Å². The van der Waals surface area contributed by atoms with Crippen molar-refractivity contribution in [1.82, 2.24) is 9.97 Å². The van der Waals surface area contributed by atoms with Crippen molar-refractivity contribution in [2.45, 2.75) is 6.92 Å². The first-order valence-corrected chi connectivity index (χ1v) is 6.18. The summed E-state index contributed by atoms with van der Waals surface area (Å²) in [5, 5.41) is 2.60. The zero-order chi connectivity index (χ0) is 15.4. The van der Waals surface area contributed by atoms with E-state index in [1.165, 1.54) is 20.3 Å². The number of nitrogens with one attached hydrogen (secondary N) is 1. The molecule has 1 amide bonds. The lowest BCUT2D eigenvalue weighted by atomic mass is 10.1. The van der Waals surface area contributed by atoms with Crippen LogP contribution in [0, 0.1) is 6.92 Å². The summed E-state index contributed by atoms with van der Waals surface area (Å²) < 4.78 is 10.2. The van der Waals surface area contributed by atoms with E-state index in [-0.39, 0.29) is 5.95 Å². The number of benzene rings is 1. The normalized spacial score (nSPS) is 10.0. The van der Waals surface area contributed by atoms with Crippen LogP contribution in [0.3, 0.4) is 0 Å². The van der Waals surface area contributed by atoms with Gasteiger partial charge in [-0.25, -0.2) is 4.98 Å². The molecule has 0 aliphatic rings. The lowest BCUT2D eigenvalue weighted by molar-refractivity contribution is 0.102. The largest absolute Gasteiger partial charge is 0.496 e. The number of hydrogen-bond donors (Lipinski definition) is 2. The molecule has 0 unspecified atom stereocenters. The number of nitrogens with zero attached hydrogens (tertiary/aromatic N) is 2. The van der Waals surface area contributed by atoms with Crippen molar-refractivity contribution in [3.8, 4) is 11.6 Å². The quantitative estimate of drug-likeness (QED) is 0.830. The Kier molecular flexibility index (Phi) is 4.22. The van der Waals surface area contributed by atoms with Crippen LogP contribution in [0.5, 0.6) is 11.6 Å². The van der Waals surface area contributed by atoms with Gasteiger partial charge in [-0.05, 0) is 25.1 Å². The maximum atomic E-state index is 12.3. The van der Waals surface area contributed by atoms with Crippen LogP contribution in [0.25, 0.3) is 0 Å². The van der Waals surface area contributed by atoms with Gasteiger partial charge in [0.1, 0.15) is 5.75 Å². The molecular weight excluding hydrogens is 272 g/mol. The molecule has 2 rings (SSSR count). The van der Waals surface area contributed by atoms with Crippen LogP contribution >= 0.6 is 0 Å². The Morgan fingerprint density at radius 1 is 1.19 bits per heavy atom. The molecule has 0 fully saturated rings. The van der Waals surface area contributed by atoms with Gasteiger partial charge in [-0.1, -0.05) is 0 Å². The van der Waals surface area contributed by atoms with Crippen molar-refractivity contribution in [3.63, 3.8) is 0 Å². The van der Waals surface area contributed by atoms with E-state index < -0.39 is 5.91 Å². The number of anilines is 2. The Hall–Kier alpha value is -2.83. The number of carbonyl (C=O) groups excluding carboxylic acids is 1. The van der Waals surface area contributed by atoms with Gasteiger partial charge in [0.05, 0.1) is 19.8 Å². The molecule has 110 valence electrons. The topological polar surface area (TPSA) is 99.4 Å². The van der Waals surface area contributed by atoms with Crippen LogP contribution in [0.15, 0.2) is 24.3 Å². The Morgan fingerprint density at radius 2 is 1.95 bits per heavy atom. The van der Waals surface area contributed by atoms with Crippen molar-refractivity contribution in [3.05, 3.63) is 35.5 Å². The van der Waals surface area contributed by atoms with Gasteiger partial charge in [0.25, 0.3) is 5.91 Å².